The summed E-state index contributed by atoms with van der Waals surface area (Å²) >= 11 is 1.34. The molecular formula is C23H27N3O8S. The van der Waals surface area contributed by atoms with Gasteiger partial charge in [-0.05, 0) is 31.5 Å². The van der Waals surface area contributed by atoms with Crippen molar-refractivity contribution in [2.75, 3.05) is 19.0 Å². The molecule has 6 unspecified atom stereocenters. The van der Waals surface area contributed by atoms with E-state index in [9.17, 15) is 34.5 Å². The third kappa shape index (κ3) is 4.37. The summed E-state index contributed by atoms with van der Waals surface area (Å²) in [5.74, 6) is -3.63. The van der Waals surface area contributed by atoms with E-state index in [-0.39, 0.29) is 39.9 Å². The number of carboxylic acids is 2. The van der Waals surface area contributed by atoms with E-state index in [1.165, 1.54) is 48.9 Å². The van der Waals surface area contributed by atoms with E-state index in [0.29, 0.717) is 23.6 Å². The number of methoxy groups -OCH3 is 1. The first-order chi connectivity index (χ1) is 16.5. The summed E-state index contributed by atoms with van der Waals surface area (Å²) in [6.45, 7) is 3.83. The first kappa shape index (κ1) is 25.0. The highest BCUT2D eigenvalue weighted by Crippen LogP contribution is 2.51. The number of carbonyl (C=O) groups is 4. The van der Waals surface area contributed by atoms with Crippen LogP contribution in [0.25, 0.3) is 0 Å². The number of benzene rings is 1. The number of hydrogen-bond acceptors (Lipinski definition) is 8. The number of carboxylic acid groups (broad SMARTS) is 2. The molecule has 2 fully saturated rings. The van der Waals surface area contributed by atoms with Gasteiger partial charge >= 0.3 is 11.9 Å². The van der Waals surface area contributed by atoms with E-state index in [4.69, 9.17) is 4.74 Å². The molecule has 3 aliphatic heterocycles. The molecule has 35 heavy (non-hydrogen) atoms. The number of aromatic carboxylic acids is 1. The average Bonchev–Trinajstić information content (AvgIpc) is 3.35. The summed E-state index contributed by atoms with van der Waals surface area (Å²) in [6.07, 6.45) is -0.470. The molecule has 188 valence electrons. The number of β-lactam (4-membered cyclic amide) rings is 1. The lowest BCUT2D eigenvalue weighted by Gasteiger charge is -2.46. The molecule has 4 rings (SSSR count). The standard InChI is InChI=1S/C23H27N3O8S/c1-9-17-16(10(2)27)21(29)26(17)18(23(32)33)19(9)35-12-7-14(24-8-12)20(28)25-13-6-11(22(30)31)4-5-15(13)34-3/h4-6,9-10,12,14,16-17,24,27H,7-8H2,1-3H3,(H,25,28)(H,30,31)(H,32,33). The summed E-state index contributed by atoms with van der Waals surface area (Å²) in [5.41, 5.74) is 0.201. The molecule has 0 radical (unpaired) electrons. The normalized spacial score (nSPS) is 28.4. The van der Waals surface area contributed by atoms with Crippen molar-refractivity contribution >= 4 is 41.2 Å². The van der Waals surface area contributed by atoms with Crippen LogP contribution in [-0.4, -0.2) is 81.1 Å². The molecule has 2 amide bonds. The van der Waals surface area contributed by atoms with Crippen molar-refractivity contribution in [2.24, 2.45) is 11.8 Å². The zero-order valence-corrected chi connectivity index (χ0v) is 20.2. The van der Waals surface area contributed by atoms with Gasteiger partial charge in [0, 0.05) is 22.6 Å². The molecule has 2 saturated heterocycles. The van der Waals surface area contributed by atoms with Gasteiger partial charge in [0.05, 0.1) is 42.5 Å². The van der Waals surface area contributed by atoms with Gasteiger partial charge in [-0.2, -0.15) is 0 Å². The van der Waals surface area contributed by atoms with Crippen molar-refractivity contribution in [3.05, 3.63) is 34.4 Å². The summed E-state index contributed by atoms with van der Waals surface area (Å²) in [6, 6.07) is 3.19. The quantitative estimate of drug-likeness (QED) is 0.321. The van der Waals surface area contributed by atoms with Crippen LogP contribution in [0.1, 0.15) is 30.6 Å². The van der Waals surface area contributed by atoms with Gasteiger partial charge in [-0.3, -0.25) is 9.59 Å². The second kappa shape index (κ2) is 9.51. The highest BCUT2D eigenvalue weighted by Gasteiger charge is 2.60. The molecule has 0 aromatic heterocycles. The molecule has 6 atom stereocenters. The third-order valence-corrected chi connectivity index (χ3v) is 8.23. The van der Waals surface area contributed by atoms with Gasteiger partial charge in [0.2, 0.25) is 11.8 Å². The van der Waals surface area contributed by atoms with Gasteiger partial charge in [-0.25, -0.2) is 9.59 Å². The smallest absolute Gasteiger partial charge is 0.353 e. The van der Waals surface area contributed by atoms with E-state index in [0.717, 1.165) is 0 Å². The van der Waals surface area contributed by atoms with Crippen LogP contribution in [-0.2, 0) is 14.4 Å². The Balaban J connectivity index is 1.46. The minimum atomic E-state index is -1.19. The largest absolute Gasteiger partial charge is 0.495 e. The van der Waals surface area contributed by atoms with E-state index in [2.05, 4.69) is 10.6 Å². The van der Waals surface area contributed by atoms with Gasteiger partial charge in [-0.15, -0.1) is 11.8 Å². The number of rotatable bonds is 8. The van der Waals surface area contributed by atoms with Crippen LogP contribution in [0.2, 0.25) is 0 Å². The van der Waals surface area contributed by atoms with Crippen molar-refractivity contribution < 1.29 is 39.2 Å². The van der Waals surface area contributed by atoms with Crippen molar-refractivity contribution in [3.8, 4) is 5.75 Å². The second-order valence-electron chi connectivity index (χ2n) is 8.92. The SMILES string of the molecule is COc1ccc(C(=O)O)cc1NC(=O)C1CC(SC2=C(C(=O)O)N3C(=O)C(C(C)O)C3C2C)CN1. The number of aliphatic carboxylic acids is 1. The lowest BCUT2D eigenvalue weighted by atomic mass is 9.79. The van der Waals surface area contributed by atoms with E-state index in [1.807, 2.05) is 6.92 Å². The Hall–Kier alpha value is -3.09. The average molecular weight is 506 g/mol. The fraction of sp³-hybridized carbons (Fsp3) is 0.478. The minimum absolute atomic E-state index is 0.00644. The van der Waals surface area contributed by atoms with E-state index >= 15 is 0 Å². The molecule has 1 aromatic rings. The molecule has 0 spiro atoms. The number of aliphatic hydroxyl groups excluding tert-OH is 1. The maximum absolute atomic E-state index is 12.9. The Morgan fingerprint density at radius 3 is 2.57 bits per heavy atom. The van der Waals surface area contributed by atoms with Crippen molar-refractivity contribution in [1.82, 2.24) is 10.2 Å². The van der Waals surface area contributed by atoms with Gasteiger partial charge in [0.25, 0.3) is 0 Å². The topological polar surface area (TPSA) is 165 Å². The summed E-state index contributed by atoms with van der Waals surface area (Å²) in [7, 11) is 1.42. The maximum Gasteiger partial charge on any atom is 0.353 e. The Morgan fingerprint density at radius 2 is 1.97 bits per heavy atom. The molecule has 1 aromatic carbocycles. The Kier molecular flexibility index (Phi) is 6.80. The first-order valence-electron chi connectivity index (χ1n) is 11.2. The van der Waals surface area contributed by atoms with Crippen LogP contribution in [0.15, 0.2) is 28.8 Å². The Labute approximate surface area is 205 Å². The van der Waals surface area contributed by atoms with Crippen LogP contribution in [0.3, 0.4) is 0 Å². The zero-order chi connectivity index (χ0) is 25.6. The number of thioether (sulfide) groups is 1. The summed E-state index contributed by atoms with van der Waals surface area (Å²) < 4.78 is 5.22. The van der Waals surface area contributed by atoms with Crippen LogP contribution < -0.4 is 15.4 Å². The Bertz CT molecular complexity index is 1120. The highest BCUT2D eigenvalue weighted by molar-refractivity contribution is 8.03. The minimum Gasteiger partial charge on any atom is -0.495 e. The Morgan fingerprint density at radius 1 is 1.26 bits per heavy atom. The second-order valence-corrected chi connectivity index (χ2v) is 10.3. The first-order valence-corrected chi connectivity index (χ1v) is 12.0. The van der Waals surface area contributed by atoms with Crippen LogP contribution in [0.4, 0.5) is 5.69 Å². The van der Waals surface area contributed by atoms with Crippen LogP contribution >= 0.6 is 11.8 Å². The third-order valence-electron chi connectivity index (χ3n) is 6.72. The highest BCUT2D eigenvalue weighted by atomic mass is 32.2. The summed E-state index contributed by atoms with van der Waals surface area (Å²) in [5, 5.41) is 34.7. The van der Waals surface area contributed by atoms with Crippen molar-refractivity contribution in [2.45, 2.75) is 43.7 Å². The molecule has 11 nitrogen and oxygen atoms in total. The number of anilines is 1. The molecule has 0 bridgehead atoms. The lowest BCUT2D eigenvalue weighted by molar-refractivity contribution is -0.163. The number of ether oxygens (including phenoxy) is 1. The zero-order valence-electron chi connectivity index (χ0n) is 19.3. The number of nitrogens with one attached hydrogen (secondary N) is 2. The molecular weight excluding hydrogens is 478 g/mol. The number of fused-ring (bicyclic) bond motifs is 1. The van der Waals surface area contributed by atoms with E-state index in [1.54, 1.807) is 0 Å². The number of aliphatic hydroxyl groups is 1. The van der Waals surface area contributed by atoms with Gasteiger partial charge < -0.3 is 35.6 Å². The molecule has 3 heterocycles. The van der Waals surface area contributed by atoms with E-state index < -0.39 is 36.0 Å². The fourth-order valence-corrected chi connectivity index (χ4v) is 6.49. The number of hydrogen-bond donors (Lipinski definition) is 5. The maximum atomic E-state index is 12.9. The van der Waals surface area contributed by atoms with Gasteiger partial charge in [-0.1, -0.05) is 6.92 Å². The molecule has 3 aliphatic rings. The number of amides is 2. The number of nitrogens with zero attached hydrogens (tertiary/aromatic N) is 1. The van der Waals surface area contributed by atoms with Crippen LogP contribution in [0.5, 0.6) is 5.75 Å². The molecule has 0 saturated carbocycles. The fourth-order valence-electron chi connectivity index (χ4n) is 5.01. The lowest BCUT2D eigenvalue weighted by Crippen LogP contribution is -2.63. The van der Waals surface area contributed by atoms with Crippen LogP contribution in [0, 0.1) is 11.8 Å². The van der Waals surface area contributed by atoms with Crippen molar-refractivity contribution in [1.29, 1.82) is 0 Å². The molecule has 12 heteroatoms. The summed E-state index contributed by atoms with van der Waals surface area (Å²) in [4.78, 5) is 50.5. The molecule has 0 aliphatic carbocycles. The van der Waals surface area contributed by atoms with Gasteiger partial charge in [0.1, 0.15) is 11.4 Å². The predicted octanol–water partition coefficient (Wildman–Crippen LogP) is 0.949. The monoisotopic (exact) mass is 505 g/mol. The van der Waals surface area contributed by atoms with Gasteiger partial charge in [0.15, 0.2) is 0 Å². The predicted molar refractivity (Wildman–Crippen MR) is 126 cm³/mol. The number of carbonyl (C=O) groups excluding carboxylic acids is 2. The molecule has 5 N–H and O–H groups in total. The van der Waals surface area contributed by atoms with Crippen molar-refractivity contribution in [3.63, 3.8) is 0 Å².